The van der Waals surface area contributed by atoms with Crippen LogP contribution in [0.4, 0.5) is 11.4 Å². The Balaban J connectivity index is 0.000000197. The van der Waals surface area contributed by atoms with E-state index >= 15 is 0 Å². The Morgan fingerprint density at radius 2 is 1.23 bits per heavy atom. The number of ether oxygens (including phenoxy) is 1. The molecule has 4 heterocycles. The molecular formula is C47H66N6O11S2. The van der Waals surface area contributed by atoms with Gasteiger partial charge in [-0.15, -0.1) is 0 Å². The van der Waals surface area contributed by atoms with Gasteiger partial charge < -0.3 is 35.4 Å². The topological polar surface area (TPSA) is 236 Å². The minimum absolute atomic E-state index is 0.00834. The Hall–Kier alpha value is -4.28. The summed E-state index contributed by atoms with van der Waals surface area (Å²) in [5.41, 5.74) is 3.04. The molecule has 0 radical (unpaired) electrons. The Labute approximate surface area is 390 Å². The summed E-state index contributed by atoms with van der Waals surface area (Å²) in [5, 5.41) is 25.2. The van der Waals surface area contributed by atoms with Crippen molar-refractivity contribution in [2.45, 2.75) is 91.9 Å². The lowest BCUT2D eigenvalue weighted by molar-refractivity contribution is -0.133. The van der Waals surface area contributed by atoms with Gasteiger partial charge in [-0.3, -0.25) is 47.2 Å². The average molecular weight is 955 g/mol. The van der Waals surface area contributed by atoms with Crippen molar-refractivity contribution in [3.8, 4) is 5.75 Å². The Bertz CT molecular complexity index is 2240. The molecule has 1 saturated carbocycles. The van der Waals surface area contributed by atoms with Crippen LogP contribution in [-0.4, -0.2) is 162 Å². The van der Waals surface area contributed by atoms with Gasteiger partial charge in [-0.2, -0.15) is 21.2 Å². The van der Waals surface area contributed by atoms with E-state index in [2.05, 4.69) is 20.4 Å². The summed E-state index contributed by atoms with van der Waals surface area (Å²) in [6.07, 6.45) is 7.04. The minimum Gasteiger partial charge on any atom is -0.497 e. The molecule has 2 unspecified atom stereocenters. The van der Waals surface area contributed by atoms with E-state index in [1.54, 1.807) is 55.5 Å². The van der Waals surface area contributed by atoms with E-state index in [4.69, 9.17) is 4.74 Å². The first-order chi connectivity index (χ1) is 31.4. The molecule has 17 nitrogen and oxygen atoms in total. The number of aliphatic hydroxyl groups is 2. The number of carbonyl (C=O) groups excluding carboxylic acids is 4. The quantitative estimate of drug-likeness (QED) is 0.108. The van der Waals surface area contributed by atoms with Gasteiger partial charge in [-0.05, 0) is 84.7 Å². The van der Waals surface area contributed by atoms with Crippen LogP contribution in [0.25, 0.3) is 0 Å². The molecule has 3 aromatic rings. The zero-order valence-electron chi connectivity index (χ0n) is 38.0. The number of hydrogen-bond acceptors (Lipinski definition) is 13. The largest absolute Gasteiger partial charge is 0.497 e. The van der Waals surface area contributed by atoms with Gasteiger partial charge in [0.25, 0.3) is 0 Å². The van der Waals surface area contributed by atoms with Crippen molar-refractivity contribution < 1.29 is 52.3 Å². The van der Waals surface area contributed by atoms with Crippen LogP contribution in [0.2, 0.25) is 0 Å². The molecule has 1 aliphatic carbocycles. The van der Waals surface area contributed by atoms with E-state index in [-0.39, 0.29) is 60.5 Å². The number of β-amino-alcohol motifs (C(OH)–C–C–N with tert-alkyl or cyclic N) is 2. The second-order valence-electron chi connectivity index (χ2n) is 18.4. The van der Waals surface area contributed by atoms with Gasteiger partial charge in [0.15, 0.2) is 0 Å². The number of carbonyl (C=O) groups is 4. The van der Waals surface area contributed by atoms with E-state index in [1.807, 2.05) is 36.2 Å². The standard InChI is InChI=1S/C24H31N3O6S.C23H35N3O5S/c1-26(21(14-27-9-8-18(28)13-27)17-4-3-5-19(12-17)33-2)24(30)11-16-6-7-22-20(10-16)25-23(29)15-34(22,31)32;1-25(20(17-5-3-2-4-6-17)14-26-10-9-18(27)13-26)23(29)12-16-7-8-21-19(11-16)24-22(28)15-32(21,30)31/h3-7,10,12,18,21,28,31-32H,8-9,11,13-15H2,1-2H3,(H,25,29);7-8,11,17-18,20,27,30-31H,2-6,9-10,12-15H2,1H3,(H,24,28)/t18?,21-;18?,20-/m11/s1. The summed E-state index contributed by atoms with van der Waals surface area (Å²) < 4.78 is 46.2. The second-order valence-corrected chi connectivity index (χ2v) is 22.5. The summed E-state index contributed by atoms with van der Waals surface area (Å²) in [6.45, 7) is 4.23. The highest BCUT2D eigenvalue weighted by Crippen LogP contribution is 2.55. The first-order valence-corrected chi connectivity index (χ1v) is 26.2. The van der Waals surface area contributed by atoms with Gasteiger partial charge in [0.1, 0.15) is 17.3 Å². The monoisotopic (exact) mass is 954 g/mol. The van der Waals surface area contributed by atoms with E-state index in [0.717, 1.165) is 50.0 Å². The summed E-state index contributed by atoms with van der Waals surface area (Å²) in [4.78, 5) is 58.9. The van der Waals surface area contributed by atoms with E-state index in [9.17, 15) is 47.6 Å². The number of anilines is 2. The molecule has 0 spiro atoms. The lowest BCUT2D eigenvalue weighted by Crippen LogP contribution is -2.49. The first kappa shape index (κ1) is 49.6. The molecule has 4 aliphatic heterocycles. The Morgan fingerprint density at radius 1 is 0.712 bits per heavy atom. The van der Waals surface area contributed by atoms with Crippen LogP contribution in [0.15, 0.2) is 70.5 Å². The van der Waals surface area contributed by atoms with E-state index in [1.165, 1.54) is 19.3 Å². The number of nitrogens with zero attached hydrogens (tertiary/aromatic N) is 4. The van der Waals surface area contributed by atoms with Gasteiger partial charge in [-0.1, -0.05) is 43.5 Å². The molecule has 4 atom stereocenters. The number of rotatable bonds is 13. The van der Waals surface area contributed by atoms with Gasteiger partial charge in [0.2, 0.25) is 23.6 Å². The van der Waals surface area contributed by atoms with E-state index in [0.29, 0.717) is 64.5 Å². The molecule has 2 saturated heterocycles. The number of nitrogens with one attached hydrogen (secondary N) is 2. The molecule has 0 bridgehead atoms. The maximum absolute atomic E-state index is 13.3. The Kier molecular flexibility index (Phi) is 16.0. The second kappa shape index (κ2) is 21.3. The highest BCUT2D eigenvalue weighted by atomic mass is 32.3. The highest BCUT2D eigenvalue weighted by molar-refractivity contribution is 8.25. The molecule has 0 aromatic heterocycles. The van der Waals surface area contributed by atoms with Crippen LogP contribution < -0.4 is 15.4 Å². The average Bonchev–Trinajstić information content (AvgIpc) is 3.89. The first-order valence-electron chi connectivity index (χ1n) is 22.7. The normalized spacial score (nSPS) is 23.4. The molecule has 19 heteroatoms. The molecule has 362 valence electrons. The van der Waals surface area contributed by atoms with Crippen molar-refractivity contribution in [2.75, 3.05) is 82.6 Å². The summed E-state index contributed by atoms with van der Waals surface area (Å²) in [6, 6.07) is 17.4. The van der Waals surface area contributed by atoms with Crippen molar-refractivity contribution in [3.63, 3.8) is 0 Å². The third-order valence-electron chi connectivity index (χ3n) is 13.5. The molecular weight excluding hydrogens is 889 g/mol. The van der Waals surface area contributed by atoms with Gasteiger partial charge in [0, 0.05) is 59.4 Å². The summed E-state index contributed by atoms with van der Waals surface area (Å²) in [7, 11) is -1.06. The van der Waals surface area contributed by atoms with Gasteiger partial charge in [-0.25, -0.2) is 0 Å². The van der Waals surface area contributed by atoms with Crippen molar-refractivity contribution in [1.29, 1.82) is 0 Å². The number of likely N-dealkylation sites (tertiary alicyclic amines) is 2. The fourth-order valence-corrected chi connectivity index (χ4v) is 12.5. The third kappa shape index (κ3) is 12.2. The molecule has 66 heavy (non-hydrogen) atoms. The number of aliphatic hydroxyl groups excluding tert-OH is 2. The number of benzene rings is 3. The number of likely N-dealkylation sites (N-methyl/N-ethyl adjacent to an activating group) is 2. The number of methoxy groups -OCH3 is 1. The molecule has 8 N–H and O–H groups in total. The van der Waals surface area contributed by atoms with Crippen molar-refractivity contribution >= 4 is 56.2 Å². The number of hydrogen-bond donors (Lipinski definition) is 8. The van der Waals surface area contributed by atoms with Crippen LogP contribution >= 0.6 is 21.2 Å². The molecule has 3 aromatic carbocycles. The Morgan fingerprint density at radius 3 is 1.73 bits per heavy atom. The van der Waals surface area contributed by atoms with Crippen molar-refractivity contribution in [1.82, 2.24) is 19.6 Å². The zero-order valence-corrected chi connectivity index (χ0v) is 39.6. The minimum atomic E-state index is -3.17. The van der Waals surface area contributed by atoms with Gasteiger partial charge >= 0.3 is 0 Å². The van der Waals surface area contributed by atoms with Crippen LogP contribution in [0.1, 0.15) is 67.7 Å². The van der Waals surface area contributed by atoms with Crippen LogP contribution in [0, 0.1) is 5.92 Å². The zero-order chi connectivity index (χ0) is 47.3. The molecule has 8 rings (SSSR count). The molecule has 4 amide bonds. The van der Waals surface area contributed by atoms with Crippen LogP contribution in [0.5, 0.6) is 5.75 Å². The van der Waals surface area contributed by atoms with E-state index < -0.39 is 33.0 Å². The number of amides is 4. The van der Waals surface area contributed by atoms with Crippen LogP contribution in [0.3, 0.4) is 0 Å². The smallest absolute Gasteiger partial charge is 0.244 e. The fraction of sp³-hybridized carbons (Fsp3) is 0.532. The van der Waals surface area contributed by atoms with Crippen molar-refractivity contribution in [3.05, 3.63) is 77.4 Å². The summed E-state index contributed by atoms with van der Waals surface area (Å²) in [5.74, 6) is -0.512. The highest BCUT2D eigenvalue weighted by Gasteiger charge is 2.35. The van der Waals surface area contributed by atoms with Crippen LogP contribution in [-0.2, 0) is 32.0 Å². The lowest BCUT2D eigenvalue weighted by atomic mass is 9.83. The maximum Gasteiger partial charge on any atom is 0.244 e. The molecule has 5 aliphatic rings. The predicted octanol–water partition coefficient (Wildman–Crippen LogP) is 5.33. The van der Waals surface area contributed by atoms with Crippen molar-refractivity contribution in [2.24, 2.45) is 5.92 Å². The SMILES string of the molecule is CN(C(=O)Cc1ccc2c(c1)NC(=O)CS2(O)O)[C@H](CN1CCC(O)C1)C1CCCCC1.COc1cccc([C@@H](CN2CCC(O)C2)N(C)C(=O)Cc2ccc3c(c2)NC(=O)CS3(O)O)c1. The molecule has 3 fully saturated rings. The predicted molar refractivity (Wildman–Crippen MR) is 255 cm³/mol. The maximum atomic E-state index is 13.3. The third-order valence-corrected chi connectivity index (χ3v) is 17.0. The fourth-order valence-electron chi connectivity index (χ4n) is 9.86. The van der Waals surface area contributed by atoms with Gasteiger partial charge in [0.05, 0.1) is 59.4 Å². The summed E-state index contributed by atoms with van der Waals surface area (Å²) >= 11 is 0. The number of fused-ring (bicyclic) bond motifs is 2. The lowest BCUT2D eigenvalue weighted by Gasteiger charge is -2.39.